The van der Waals surface area contributed by atoms with E-state index in [1.165, 1.54) is 34.7 Å². The second-order valence-corrected chi connectivity index (χ2v) is 11.2. The van der Waals surface area contributed by atoms with Gasteiger partial charge in [0.25, 0.3) is 0 Å². The van der Waals surface area contributed by atoms with Crippen molar-refractivity contribution in [3.63, 3.8) is 0 Å². The third-order valence-corrected chi connectivity index (χ3v) is 9.00. The lowest BCUT2D eigenvalue weighted by Gasteiger charge is -2.36. The number of benzene rings is 2. The number of anilines is 1. The van der Waals surface area contributed by atoms with Crippen LogP contribution in [0.5, 0.6) is 0 Å². The van der Waals surface area contributed by atoms with Crippen LogP contribution in [0.3, 0.4) is 0 Å². The molecule has 0 spiro atoms. The van der Waals surface area contributed by atoms with Crippen molar-refractivity contribution in [3.8, 4) is 11.1 Å². The predicted molar refractivity (Wildman–Crippen MR) is 151 cm³/mol. The second-order valence-electron chi connectivity index (χ2n) is 10.2. The lowest BCUT2D eigenvalue weighted by Crippen LogP contribution is -2.49. The van der Waals surface area contributed by atoms with Crippen molar-refractivity contribution in [1.29, 1.82) is 0 Å². The highest BCUT2D eigenvalue weighted by Crippen LogP contribution is 2.51. The number of ether oxygens (including phenoxy) is 1. The molecular weight excluding hydrogens is 576 g/mol. The first-order chi connectivity index (χ1) is 20.0. The molecule has 0 saturated carbocycles. The number of hydrogen-bond acceptors (Lipinski definition) is 7. The Hall–Kier alpha value is -3.91. The van der Waals surface area contributed by atoms with Crippen molar-refractivity contribution in [2.45, 2.75) is 17.1 Å². The van der Waals surface area contributed by atoms with Gasteiger partial charge in [0.15, 0.2) is 0 Å². The van der Waals surface area contributed by atoms with Crippen LogP contribution in [0.1, 0.15) is 11.6 Å². The summed E-state index contributed by atoms with van der Waals surface area (Å²) in [6.07, 6.45) is -2.20. The Morgan fingerprint density at radius 1 is 1.19 bits per heavy atom. The van der Waals surface area contributed by atoms with Crippen molar-refractivity contribution >= 4 is 45.3 Å². The fraction of sp³-hybridized carbons (Fsp3) is 0.357. The lowest BCUT2D eigenvalue weighted by molar-refractivity contribution is -0.137. The minimum absolute atomic E-state index is 0.0909. The molecule has 2 aromatic heterocycles. The van der Waals surface area contributed by atoms with Crippen molar-refractivity contribution in [3.05, 3.63) is 58.9 Å². The minimum Gasteiger partial charge on any atom is -0.383 e. The van der Waals surface area contributed by atoms with E-state index in [-0.39, 0.29) is 82.7 Å². The maximum absolute atomic E-state index is 15.7. The molecule has 2 aliphatic rings. The number of carbonyl (C=O) groups is 1. The van der Waals surface area contributed by atoms with Crippen molar-refractivity contribution in [2.75, 3.05) is 50.5 Å². The van der Waals surface area contributed by atoms with Crippen molar-refractivity contribution in [1.82, 2.24) is 24.2 Å². The number of thioether (sulfide) groups is 1. The molecule has 1 amide bonds. The molecule has 42 heavy (non-hydrogen) atoms. The first kappa shape index (κ1) is 28.2. The van der Waals surface area contributed by atoms with Crippen LogP contribution in [-0.4, -0.2) is 75.8 Å². The van der Waals surface area contributed by atoms with Crippen LogP contribution in [-0.2, 0) is 22.8 Å². The van der Waals surface area contributed by atoms with Crippen LogP contribution in [0.2, 0.25) is 0 Å². The molecule has 9 nitrogen and oxygen atoms in total. The van der Waals surface area contributed by atoms with Gasteiger partial charge >= 0.3 is 11.9 Å². The van der Waals surface area contributed by atoms with E-state index >= 15 is 4.39 Å². The van der Waals surface area contributed by atoms with Gasteiger partial charge in [0.1, 0.15) is 11.6 Å². The summed E-state index contributed by atoms with van der Waals surface area (Å²) in [5, 5.41) is 4.75. The summed E-state index contributed by atoms with van der Waals surface area (Å²) in [4.78, 5) is 33.4. The molecule has 4 aromatic rings. The van der Waals surface area contributed by atoms with Crippen LogP contribution in [0.25, 0.3) is 32.9 Å². The number of halogens is 4. The van der Waals surface area contributed by atoms with Crippen LogP contribution in [0.4, 0.5) is 23.4 Å². The van der Waals surface area contributed by atoms with E-state index in [4.69, 9.17) is 4.74 Å². The zero-order valence-electron chi connectivity index (χ0n) is 22.7. The number of hydrogen-bond donors (Lipinski definition) is 0. The Morgan fingerprint density at radius 3 is 2.60 bits per heavy atom. The summed E-state index contributed by atoms with van der Waals surface area (Å²) in [5.41, 5.74) is -1.80. The molecule has 4 heterocycles. The summed E-state index contributed by atoms with van der Waals surface area (Å²) in [6.45, 7) is 4.70. The van der Waals surface area contributed by atoms with E-state index < -0.39 is 29.3 Å². The highest BCUT2D eigenvalue weighted by Gasteiger charge is 2.40. The maximum atomic E-state index is 15.7. The van der Waals surface area contributed by atoms with Gasteiger partial charge in [-0.3, -0.25) is 14.0 Å². The fourth-order valence-corrected chi connectivity index (χ4v) is 7.17. The van der Waals surface area contributed by atoms with Crippen molar-refractivity contribution in [2.24, 2.45) is 7.05 Å². The van der Waals surface area contributed by atoms with E-state index in [1.807, 2.05) is 0 Å². The molecule has 2 aliphatic heterocycles. The van der Waals surface area contributed by atoms with Gasteiger partial charge in [-0.25, -0.2) is 9.18 Å². The number of methoxy groups -OCH3 is 1. The summed E-state index contributed by atoms with van der Waals surface area (Å²) >= 11 is 1.13. The third-order valence-electron chi connectivity index (χ3n) is 7.76. The Bertz CT molecular complexity index is 1810. The Kier molecular flexibility index (Phi) is 7.00. The minimum atomic E-state index is -4.87. The van der Waals surface area contributed by atoms with Gasteiger partial charge in [-0.05, 0) is 24.3 Å². The van der Waals surface area contributed by atoms with E-state index in [1.54, 1.807) is 16.8 Å². The predicted octanol–water partition coefficient (Wildman–Crippen LogP) is 4.24. The fourth-order valence-electron chi connectivity index (χ4n) is 5.87. The normalized spacial score (nSPS) is 17.3. The number of amides is 1. The average Bonchev–Trinajstić information content (AvgIpc) is 3.34. The highest BCUT2D eigenvalue weighted by molar-refractivity contribution is 7.99. The number of piperazine rings is 1. The van der Waals surface area contributed by atoms with Crippen molar-refractivity contribution < 1.29 is 27.1 Å². The Labute approximate surface area is 241 Å². The molecule has 0 radical (unpaired) electrons. The smallest absolute Gasteiger partial charge is 0.383 e. The zero-order valence-corrected chi connectivity index (χ0v) is 23.6. The summed E-state index contributed by atoms with van der Waals surface area (Å²) in [7, 11) is 3.02. The molecule has 220 valence electrons. The summed E-state index contributed by atoms with van der Waals surface area (Å²) in [6, 6.07) is 3.07. The molecular formula is C28H26F4N6O3S. The Morgan fingerprint density at radius 2 is 1.93 bits per heavy atom. The zero-order chi connectivity index (χ0) is 29.9. The van der Waals surface area contributed by atoms with E-state index in [2.05, 4.69) is 16.7 Å². The van der Waals surface area contributed by atoms with Gasteiger partial charge in [0, 0.05) is 72.9 Å². The number of carbonyl (C=O) groups excluding carboxylic acids is 1. The third kappa shape index (κ3) is 4.44. The molecule has 2 aromatic carbocycles. The van der Waals surface area contributed by atoms with Crippen LogP contribution in [0, 0.1) is 5.82 Å². The number of rotatable bonds is 5. The number of aryl methyl sites for hydroxylation is 1. The molecule has 1 atom stereocenters. The standard InChI is InChI=1S/C28H26F4N6O3S/c1-4-20(39)36-7-9-37(10-8-36)26-17-11-18(28(30,31)32)21(22-19(29)6-5-15-12-33-35(2)23(15)22)25-24(17)38(27(40)34-26)16(13-41-3)14-42-25/h4-6,11-12,16H,1,7-10,13-14H2,2-3H3/t16-/m0/s1. The van der Waals surface area contributed by atoms with Gasteiger partial charge in [-0.2, -0.15) is 23.3 Å². The Balaban J connectivity index is 1.69. The maximum Gasteiger partial charge on any atom is 0.417 e. The molecule has 0 bridgehead atoms. The SMILES string of the molecule is C=CC(=O)N1CCN(c2nc(=O)n3c4c(c(-c5c(F)ccc6cnn(C)c56)c(C(F)(F)F)cc24)SC[C@@H]3COC)CC1. The first-order valence-electron chi connectivity index (χ1n) is 13.1. The monoisotopic (exact) mass is 602 g/mol. The van der Waals surface area contributed by atoms with Gasteiger partial charge < -0.3 is 14.5 Å². The highest BCUT2D eigenvalue weighted by atomic mass is 32.2. The number of alkyl halides is 3. The first-order valence-corrected chi connectivity index (χ1v) is 14.1. The molecule has 1 fully saturated rings. The van der Waals surface area contributed by atoms with Gasteiger partial charge in [0.05, 0.1) is 35.4 Å². The number of nitrogens with zero attached hydrogens (tertiary/aromatic N) is 6. The molecule has 6 rings (SSSR count). The number of fused-ring (bicyclic) bond motifs is 1. The molecule has 0 N–H and O–H groups in total. The summed E-state index contributed by atoms with van der Waals surface area (Å²) in [5.74, 6) is -0.781. The van der Waals surface area contributed by atoms with E-state index in [0.717, 1.165) is 23.9 Å². The second kappa shape index (κ2) is 10.4. The lowest BCUT2D eigenvalue weighted by atomic mass is 9.94. The summed E-state index contributed by atoms with van der Waals surface area (Å²) < 4.78 is 68.6. The molecule has 1 saturated heterocycles. The average molecular weight is 603 g/mol. The van der Waals surface area contributed by atoms with Crippen LogP contribution in [0.15, 0.2) is 46.7 Å². The topological polar surface area (TPSA) is 85.5 Å². The van der Waals surface area contributed by atoms with E-state index in [0.29, 0.717) is 5.39 Å². The molecule has 0 unspecified atom stereocenters. The molecule has 0 aliphatic carbocycles. The van der Waals surface area contributed by atoms with Gasteiger partial charge in [-0.15, -0.1) is 11.8 Å². The van der Waals surface area contributed by atoms with Crippen LogP contribution >= 0.6 is 11.8 Å². The van der Waals surface area contributed by atoms with Gasteiger partial charge in [-0.1, -0.05) is 6.58 Å². The van der Waals surface area contributed by atoms with Gasteiger partial charge in [0.2, 0.25) is 5.91 Å². The quantitative estimate of drug-likeness (QED) is 0.250. The largest absolute Gasteiger partial charge is 0.417 e. The number of aromatic nitrogens is 4. The van der Waals surface area contributed by atoms with Crippen LogP contribution < -0.4 is 10.6 Å². The molecule has 14 heteroatoms. The van der Waals surface area contributed by atoms with E-state index in [9.17, 15) is 22.8 Å².